The van der Waals surface area contributed by atoms with Crippen LogP contribution >= 0.6 is 0 Å². The van der Waals surface area contributed by atoms with Gasteiger partial charge in [-0.3, -0.25) is 0 Å². The third kappa shape index (κ3) is 6.61. The monoisotopic (exact) mass is 307 g/mol. The van der Waals surface area contributed by atoms with E-state index in [0.29, 0.717) is 18.5 Å². The molecule has 5 nitrogen and oxygen atoms in total. The van der Waals surface area contributed by atoms with Gasteiger partial charge in [-0.15, -0.1) is 0 Å². The van der Waals surface area contributed by atoms with Gasteiger partial charge in [-0.05, 0) is 64.3 Å². The van der Waals surface area contributed by atoms with Gasteiger partial charge < -0.3 is 14.8 Å². The predicted octanol–water partition coefficient (Wildman–Crippen LogP) is 3.38. The van der Waals surface area contributed by atoms with Gasteiger partial charge in [-0.2, -0.15) is 0 Å². The number of rotatable bonds is 5. The van der Waals surface area contributed by atoms with Crippen molar-refractivity contribution in [1.82, 2.24) is 5.32 Å². The van der Waals surface area contributed by atoms with E-state index in [-0.39, 0.29) is 12.6 Å². The molecule has 0 aliphatic carbocycles. The molecule has 0 bridgehead atoms. The lowest BCUT2D eigenvalue weighted by Crippen LogP contribution is -2.33. The molecule has 1 aromatic rings. The van der Waals surface area contributed by atoms with E-state index >= 15 is 0 Å². The molecule has 1 N–H and O–H groups in total. The van der Waals surface area contributed by atoms with Crippen molar-refractivity contribution >= 4 is 12.1 Å². The van der Waals surface area contributed by atoms with Gasteiger partial charge in [0.15, 0.2) is 0 Å². The molecule has 122 valence electrons. The van der Waals surface area contributed by atoms with Crippen LogP contribution in [-0.2, 0) is 9.47 Å². The number of amides is 1. The van der Waals surface area contributed by atoms with Gasteiger partial charge in [0.25, 0.3) is 0 Å². The summed E-state index contributed by atoms with van der Waals surface area (Å²) in [5, 5.41) is 2.62. The standard InChI is InChI=1S/C17H25NO4/c1-12-7-8-14(11-13(12)2)15(19)21-10-6-9-18-16(20)22-17(3,4)5/h7-8,11H,6,9-10H2,1-5H3,(H,18,20). The van der Waals surface area contributed by atoms with E-state index in [1.807, 2.05) is 26.0 Å². The topological polar surface area (TPSA) is 64.6 Å². The Hall–Kier alpha value is -2.04. The van der Waals surface area contributed by atoms with Crippen molar-refractivity contribution in [3.63, 3.8) is 0 Å². The van der Waals surface area contributed by atoms with Gasteiger partial charge >= 0.3 is 12.1 Å². The molecule has 1 rings (SSSR count). The van der Waals surface area contributed by atoms with Crippen LogP contribution in [0.3, 0.4) is 0 Å². The van der Waals surface area contributed by atoms with Crippen LogP contribution in [-0.4, -0.2) is 30.8 Å². The Kier molecular flexibility index (Phi) is 6.40. The molecule has 0 saturated carbocycles. The van der Waals surface area contributed by atoms with Crippen LogP contribution in [0.25, 0.3) is 0 Å². The van der Waals surface area contributed by atoms with Crippen molar-refractivity contribution in [2.75, 3.05) is 13.2 Å². The van der Waals surface area contributed by atoms with Crippen LogP contribution in [0.5, 0.6) is 0 Å². The first kappa shape index (κ1) is 18.0. The third-order valence-corrected chi connectivity index (χ3v) is 2.97. The van der Waals surface area contributed by atoms with Gasteiger partial charge in [-0.25, -0.2) is 9.59 Å². The summed E-state index contributed by atoms with van der Waals surface area (Å²) in [5.41, 5.74) is 2.22. The SMILES string of the molecule is Cc1ccc(C(=O)OCCCNC(=O)OC(C)(C)C)cc1C. The highest BCUT2D eigenvalue weighted by Gasteiger charge is 2.15. The minimum absolute atomic E-state index is 0.252. The highest BCUT2D eigenvalue weighted by atomic mass is 16.6. The molecule has 0 atom stereocenters. The van der Waals surface area contributed by atoms with Crippen LogP contribution in [0, 0.1) is 13.8 Å². The number of aryl methyl sites for hydroxylation is 2. The number of hydrogen-bond donors (Lipinski definition) is 1. The molecule has 0 aromatic heterocycles. The maximum absolute atomic E-state index is 11.9. The Morgan fingerprint density at radius 1 is 1.14 bits per heavy atom. The lowest BCUT2D eigenvalue weighted by atomic mass is 10.1. The fourth-order valence-corrected chi connectivity index (χ4v) is 1.69. The number of hydrogen-bond acceptors (Lipinski definition) is 4. The van der Waals surface area contributed by atoms with Crippen molar-refractivity contribution in [1.29, 1.82) is 0 Å². The zero-order valence-corrected chi connectivity index (χ0v) is 14.0. The molecule has 0 spiro atoms. The van der Waals surface area contributed by atoms with Gasteiger partial charge in [0.1, 0.15) is 5.60 Å². The van der Waals surface area contributed by atoms with Crippen molar-refractivity contribution < 1.29 is 19.1 Å². The Balaban J connectivity index is 2.25. The molecule has 0 radical (unpaired) electrons. The average Bonchev–Trinajstić information content (AvgIpc) is 2.39. The van der Waals surface area contributed by atoms with Crippen molar-refractivity contribution in [3.8, 4) is 0 Å². The first-order valence-corrected chi connectivity index (χ1v) is 7.40. The first-order valence-electron chi connectivity index (χ1n) is 7.40. The molecular weight excluding hydrogens is 282 g/mol. The zero-order valence-electron chi connectivity index (χ0n) is 14.0. The Labute approximate surface area is 132 Å². The Morgan fingerprint density at radius 2 is 1.82 bits per heavy atom. The summed E-state index contributed by atoms with van der Waals surface area (Å²) in [6.45, 7) is 10.0. The van der Waals surface area contributed by atoms with Crippen LogP contribution in [0.15, 0.2) is 18.2 Å². The molecule has 0 saturated heterocycles. The van der Waals surface area contributed by atoms with E-state index in [9.17, 15) is 9.59 Å². The summed E-state index contributed by atoms with van der Waals surface area (Å²) in [7, 11) is 0. The highest BCUT2D eigenvalue weighted by molar-refractivity contribution is 5.89. The summed E-state index contributed by atoms with van der Waals surface area (Å²) in [5.74, 6) is -0.347. The Morgan fingerprint density at radius 3 is 2.41 bits per heavy atom. The molecule has 0 aliphatic rings. The highest BCUT2D eigenvalue weighted by Crippen LogP contribution is 2.11. The van der Waals surface area contributed by atoms with E-state index in [1.54, 1.807) is 26.8 Å². The number of ether oxygens (including phenoxy) is 2. The van der Waals surface area contributed by atoms with E-state index < -0.39 is 11.7 Å². The van der Waals surface area contributed by atoms with Gasteiger partial charge in [-0.1, -0.05) is 6.07 Å². The summed E-state index contributed by atoms with van der Waals surface area (Å²) >= 11 is 0. The first-order chi connectivity index (χ1) is 10.2. The maximum Gasteiger partial charge on any atom is 0.407 e. The fraction of sp³-hybridized carbons (Fsp3) is 0.529. The van der Waals surface area contributed by atoms with Crippen molar-refractivity contribution in [3.05, 3.63) is 34.9 Å². The maximum atomic E-state index is 11.9. The largest absolute Gasteiger partial charge is 0.462 e. The molecule has 0 aliphatic heterocycles. The minimum Gasteiger partial charge on any atom is -0.462 e. The van der Waals surface area contributed by atoms with E-state index in [0.717, 1.165) is 11.1 Å². The molecule has 0 heterocycles. The van der Waals surface area contributed by atoms with E-state index in [1.165, 1.54) is 0 Å². The number of benzene rings is 1. The van der Waals surface area contributed by atoms with Crippen LogP contribution in [0.1, 0.15) is 48.7 Å². The van der Waals surface area contributed by atoms with E-state index in [4.69, 9.17) is 9.47 Å². The second kappa shape index (κ2) is 7.82. The van der Waals surface area contributed by atoms with Crippen LogP contribution < -0.4 is 5.32 Å². The molecule has 0 fully saturated rings. The Bertz CT molecular complexity index is 532. The molecule has 1 amide bonds. The lowest BCUT2D eigenvalue weighted by molar-refractivity contribution is 0.0483. The normalized spacial score (nSPS) is 11.0. The number of alkyl carbamates (subject to hydrolysis) is 1. The summed E-state index contributed by atoms with van der Waals surface area (Å²) in [6, 6.07) is 5.47. The minimum atomic E-state index is -0.514. The summed E-state index contributed by atoms with van der Waals surface area (Å²) in [4.78, 5) is 23.3. The predicted molar refractivity (Wildman–Crippen MR) is 85.1 cm³/mol. The fourth-order valence-electron chi connectivity index (χ4n) is 1.69. The second-order valence-corrected chi connectivity index (χ2v) is 6.22. The van der Waals surface area contributed by atoms with E-state index in [2.05, 4.69) is 5.32 Å². The number of esters is 1. The third-order valence-electron chi connectivity index (χ3n) is 2.97. The molecule has 5 heteroatoms. The smallest absolute Gasteiger partial charge is 0.407 e. The number of nitrogens with one attached hydrogen (secondary N) is 1. The zero-order chi connectivity index (χ0) is 16.8. The van der Waals surface area contributed by atoms with Gasteiger partial charge in [0.2, 0.25) is 0 Å². The van der Waals surface area contributed by atoms with Gasteiger partial charge in [0.05, 0.1) is 12.2 Å². The quantitative estimate of drug-likeness (QED) is 0.669. The van der Waals surface area contributed by atoms with Crippen LogP contribution in [0.4, 0.5) is 4.79 Å². The molecule has 0 unspecified atom stereocenters. The average molecular weight is 307 g/mol. The van der Waals surface area contributed by atoms with Gasteiger partial charge in [0, 0.05) is 6.54 Å². The van der Waals surface area contributed by atoms with Crippen LogP contribution in [0.2, 0.25) is 0 Å². The lowest BCUT2D eigenvalue weighted by Gasteiger charge is -2.19. The summed E-state index contributed by atoms with van der Waals surface area (Å²) in [6.07, 6.45) is 0.0727. The van der Waals surface area contributed by atoms with Crippen molar-refractivity contribution in [2.45, 2.75) is 46.6 Å². The molecular formula is C17H25NO4. The van der Waals surface area contributed by atoms with Crippen molar-refractivity contribution in [2.24, 2.45) is 0 Å². The molecule has 22 heavy (non-hydrogen) atoms. The second-order valence-electron chi connectivity index (χ2n) is 6.22. The molecule has 1 aromatic carbocycles. The number of carbonyl (C=O) groups is 2. The number of carbonyl (C=O) groups excluding carboxylic acids is 2. The summed E-state index contributed by atoms with van der Waals surface area (Å²) < 4.78 is 10.3.